The second kappa shape index (κ2) is 22.1. The van der Waals surface area contributed by atoms with Crippen molar-refractivity contribution >= 4 is 45.7 Å². The SMILES string of the molecule is CCN(CC)CC.COP(=O)(O)CC[C@@]1(CO[Si](C)(C)C(C)(C)C)C[C@H](OC(C)=O)[C@@H](NC(C)=O)[C@H]([C@H](OC(C)=O)[C@@H](COC(C)=O)OC(C)=O)O1. The van der Waals surface area contributed by atoms with Gasteiger partial charge in [0.25, 0.3) is 0 Å². The first-order chi connectivity index (χ1) is 23.8. The highest BCUT2D eigenvalue weighted by Gasteiger charge is 2.55. The molecule has 7 atom stereocenters. The summed E-state index contributed by atoms with van der Waals surface area (Å²) in [6.07, 6.45) is -6.18. The first-order valence-corrected chi connectivity index (χ1v) is 22.3. The molecule has 0 radical (unpaired) electrons. The van der Waals surface area contributed by atoms with Gasteiger partial charge in [-0.1, -0.05) is 41.5 Å². The van der Waals surface area contributed by atoms with E-state index < -0.39 is 94.5 Å². The van der Waals surface area contributed by atoms with Crippen molar-refractivity contribution in [3.05, 3.63) is 0 Å². The number of amides is 1. The Labute approximate surface area is 310 Å². The second-order valence-electron chi connectivity index (χ2n) is 14.3. The van der Waals surface area contributed by atoms with Crippen LogP contribution in [0.1, 0.15) is 89.0 Å². The molecule has 1 rings (SSSR count). The van der Waals surface area contributed by atoms with Crippen LogP contribution in [0.3, 0.4) is 0 Å². The lowest BCUT2D eigenvalue weighted by atomic mass is 9.82. The molecule has 1 aliphatic heterocycles. The van der Waals surface area contributed by atoms with Crippen molar-refractivity contribution in [3.63, 3.8) is 0 Å². The zero-order valence-electron chi connectivity index (χ0n) is 33.7. The first kappa shape index (κ1) is 49.6. The van der Waals surface area contributed by atoms with E-state index in [1.54, 1.807) is 0 Å². The molecular formula is C34H65N2O14PSi. The lowest BCUT2D eigenvalue weighted by Crippen LogP contribution is -2.68. The number of carbonyl (C=O) groups is 5. The fourth-order valence-corrected chi connectivity index (χ4v) is 7.17. The summed E-state index contributed by atoms with van der Waals surface area (Å²) >= 11 is 0. The minimum Gasteiger partial charge on any atom is -0.462 e. The molecular weight excluding hydrogens is 719 g/mol. The third-order valence-electron chi connectivity index (χ3n) is 9.14. The number of esters is 4. The monoisotopic (exact) mass is 784 g/mol. The Kier molecular flexibility index (Phi) is 21.1. The first-order valence-electron chi connectivity index (χ1n) is 17.6. The van der Waals surface area contributed by atoms with Crippen LogP contribution < -0.4 is 5.32 Å². The lowest BCUT2D eigenvalue weighted by Gasteiger charge is -2.51. The maximum Gasteiger partial charge on any atom is 0.327 e. The Hall–Kier alpha value is -2.40. The van der Waals surface area contributed by atoms with Gasteiger partial charge in [0.15, 0.2) is 20.5 Å². The Morgan fingerprint density at radius 1 is 0.942 bits per heavy atom. The van der Waals surface area contributed by atoms with Crippen LogP contribution in [0.2, 0.25) is 18.1 Å². The van der Waals surface area contributed by atoms with E-state index >= 15 is 0 Å². The lowest BCUT2D eigenvalue weighted by molar-refractivity contribution is -0.244. The summed E-state index contributed by atoms with van der Waals surface area (Å²) in [7, 11) is -5.51. The Balaban J connectivity index is 0.00000335. The topological polar surface area (TPSA) is 203 Å². The van der Waals surface area contributed by atoms with Crippen molar-refractivity contribution < 1.29 is 66.1 Å². The highest BCUT2D eigenvalue weighted by molar-refractivity contribution is 7.52. The summed E-state index contributed by atoms with van der Waals surface area (Å²) < 4.78 is 52.5. The van der Waals surface area contributed by atoms with E-state index in [0.717, 1.165) is 27.9 Å². The molecule has 1 aliphatic rings. The fourth-order valence-electron chi connectivity index (χ4n) is 5.24. The molecule has 18 heteroatoms. The van der Waals surface area contributed by atoms with Crippen molar-refractivity contribution in [2.75, 3.05) is 46.1 Å². The van der Waals surface area contributed by atoms with Gasteiger partial charge in [-0.05, 0) is 44.2 Å². The van der Waals surface area contributed by atoms with Crippen LogP contribution in [0.4, 0.5) is 0 Å². The van der Waals surface area contributed by atoms with E-state index in [-0.39, 0.29) is 24.5 Å². The molecule has 0 aromatic carbocycles. The van der Waals surface area contributed by atoms with Gasteiger partial charge in [-0.3, -0.25) is 28.5 Å². The number of carbonyl (C=O) groups excluding carboxylic acids is 5. The van der Waals surface area contributed by atoms with E-state index in [9.17, 15) is 33.4 Å². The minimum atomic E-state index is -4.10. The van der Waals surface area contributed by atoms with Gasteiger partial charge >= 0.3 is 31.5 Å². The smallest absolute Gasteiger partial charge is 0.327 e. The van der Waals surface area contributed by atoms with Crippen LogP contribution >= 0.6 is 7.60 Å². The number of ether oxygens (including phenoxy) is 5. The highest BCUT2D eigenvalue weighted by Crippen LogP contribution is 2.47. The van der Waals surface area contributed by atoms with Gasteiger partial charge in [0.05, 0.1) is 24.4 Å². The number of nitrogens with zero attached hydrogens (tertiary/aromatic N) is 1. The molecule has 1 saturated heterocycles. The van der Waals surface area contributed by atoms with Gasteiger partial charge in [-0.25, -0.2) is 0 Å². The van der Waals surface area contributed by atoms with E-state index in [4.69, 9.17) is 32.6 Å². The normalized spacial score (nSPS) is 22.8. The molecule has 0 aromatic heterocycles. The van der Waals surface area contributed by atoms with Gasteiger partial charge in [0.1, 0.15) is 18.8 Å². The zero-order valence-corrected chi connectivity index (χ0v) is 35.6. The largest absolute Gasteiger partial charge is 0.462 e. The average Bonchev–Trinajstić information content (AvgIpc) is 3.01. The number of hydrogen-bond donors (Lipinski definition) is 2. The standard InChI is InChI=1S/C28H50NO14PSi.C6H15N/c1-17(30)29-24-22(40-19(3)32)14-28(12-13-44(35,36)37-9,16-39-45(10,11)27(6,7)8)43-26(24)25(42-21(5)34)23(41-20(4)33)15-38-18(2)31;1-4-7(5-2)6-3/h22-26H,12-16H2,1-11H3,(H,29,30)(H,35,36);4-6H2,1-3H3/t22-,23+,24+,25+,26+,28-;/m0./s1. The van der Waals surface area contributed by atoms with Crippen LogP contribution in [0, 0.1) is 0 Å². The molecule has 1 amide bonds. The summed E-state index contributed by atoms with van der Waals surface area (Å²) in [6, 6.07) is -1.18. The molecule has 304 valence electrons. The molecule has 0 spiro atoms. The van der Waals surface area contributed by atoms with Gasteiger partial charge in [0, 0.05) is 48.1 Å². The van der Waals surface area contributed by atoms with Crippen LogP contribution in [0.25, 0.3) is 0 Å². The van der Waals surface area contributed by atoms with Crippen molar-refractivity contribution in [3.8, 4) is 0 Å². The maximum atomic E-state index is 12.7. The van der Waals surface area contributed by atoms with Crippen LogP contribution in [-0.2, 0) is 61.2 Å². The van der Waals surface area contributed by atoms with Crippen molar-refractivity contribution in [1.29, 1.82) is 0 Å². The molecule has 0 aliphatic carbocycles. The Bertz CT molecular complexity index is 1220. The molecule has 0 aromatic rings. The second-order valence-corrected chi connectivity index (χ2v) is 21.2. The third-order valence-corrected chi connectivity index (χ3v) is 15.0. The molecule has 0 saturated carbocycles. The van der Waals surface area contributed by atoms with E-state index in [1.807, 2.05) is 33.9 Å². The van der Waals surface area contributed by atoms with Gasteiger partial charge < -0.3 is 47.7 Å². The van der Waals surface area contributed by atoms with E-state index in [1.165, 1.54) is 33.5 Å². The molecule has 0 bridgehead atoms. The highest BCUT2D eigenvalue weighted by atomic mass is 31.2. The van der Waals surface area contributed by atoms with Crippen LogP contribution in [-0.4, -0.2) is 130 Å². The van der Waals surface area contributed by atoms with Gasteiger partial charge in [-0.2, -0.15) is 0 Å². The number of rotatable bonds is 18. The quantitative estimate of drug-likeness (QED) is 0.0874. The maximum absolute atomic E-state index is 12.7. The number of hydrogen-bond acceptors (Lipinski definition) is 14. The Morgan fingerprint density at radius 2 is 1.48 bits per heavy atom. The molecule has 1 unspecified atom stereocenters. The van der Waals surface area contributed by atoms with Crippen LogP contribution in [0.15, 0.2) is 0 Å². The predicted molar refractivity (Wildman–Crippen MR) is 196 cm³/mol. The summed E-state index contributed by atoms with van der Waals surface area (Å²) in [5.74, 6) is -3.62. The van der Waals surface area contributed by atoms with Crippen molar-refractivity contribution in [2.24, 2.45) is 0 Å². The summed E-state index contributed by atoms with van der Waals surface area (Å²) in [6.45, 7) is 25.2. The minimum absolute atomic E-state index is 0.110. The molecule has 1 fully saturated rings. The van der Waals surface area contributed by atoms with E-state index in [2.05, 4.69) is 31.0 Å². The third kappa shape index (κ3) is 17.6. The summed E-state index contributed by atoms with van der Waals surface area (Å²) in [4.78, 5) is 73.8. The predicted octanol–water partition coefficient (Wildman–Crippen LogP) is 3.97. The molecule has 2 N–H and O–H groups in total. The zero-order chi connectivity index (χ0) is 40.7. The Morgan fingerprint density at radius 3 is 1.87 bits per heavy atom. The van der Waals surface area contributed by atoms with Gasteiger partial charge in [0.2, 0.25) is 5.91 Å². The number of nitrogens with one attached hydrogen (secondary N) is 1. The molecule has 1 heterocycles. The van der Waals surface area contributed by atoms with Crippen molar-refractivity contribution in [1.82, 2.24) is 10.2 Å². The molecule has 16 nitrogen and oxygen atoms in total. The van der Waals surface area contributed by atoms with Crippen molar-refractivity contribution in [2.45, 2.75) is 143 Å². The average molecular weight is 785 g/mol. The molecule has 52 heavy (non-hydrogen) atoms. The van der Waals surface area contributed by atoms with Crippen LogP contribution in [0.5, 0.6) is 0 Å². The summed E-state index contributed by atoms with van der Waals surface area (Å²) in [5.41, 5.74) is -1.48. The van der Waals surface area contributed by atoms with Gasteiger partial charge in [-0.15, -0.1) is 0 Å². The fraction of sp³-hybridized carbons (Fsp3) is 0.853. The summed E-state index contributed by atoms with van der Waals surface area (Å²) in [5, 5.41) is 2.44. The van der Waals surface area contributed by atoms with E-state index in [0.29, 0.717) is 0 Å².